The number of nitrogens with zero attached hydrogens (tertiary/aromatic N) is 2. The fourth-order valence-electron chi connectivity index (χ4n) is 1.34. The van der Waals surface area contributed by atoms with Gasteiger partial charge in [0.15, 0.2) is 0 Å². The molecular formula is C10H12ClN3S. The zero-order valence-electron chi connectivity index (χ0n) is 8.40. The molecule has 15 heavy (non-hydrogen) atoms. The Labute approximate surface area is 97.7 Å². The lowest BCUT2D eigenvalue weighted by Gasteiger charge is -1.99. The molecule has 2 aromatic rings. The molecule has 0 saturated heterocycles. The van der Waals surface area contributed by atoms with E-state index in [0.29, 0.717) is 0 Å². The van der Waals surface area contributed by atoms with Crippen LogP contribution in [-0.4, -0.2) is 9.78 Å². The molecular weight excluding hydrogens is 230 g/mol. The number of rotatable bonds is 4. The van der Waals surface area contributed by atoms with Crippen LogP contribution in [0.2, 0.25) is 4.34 Å². The van der Waals surface area contributed by atoms with Gasteiger partial charge in [-0.2, -0.15) is 5.10 Å². The Bertz CT molecular complexity index is 395. The summed E-state index contributed by atoms with van der Waals surface area (Å²) in [6.45, 7) is 1.69. The number of hydrogen-bond acceptors (Lipinski definition) is 3. The summed E-state index contributed by atoms with van der Waals surface area (Å²) in [5, 5.41) is 7.45. The van der Waals surface area contributed by atoms with Crippen LogP contribution in [0.25, 0.3) is 0 Å². The van der Waals surface area contributed by atoms with Crippen LogP contribution in [0.4, 0.5) is 0 Å². The van der Waals surface area contributed by atoms with Crippen molar-refractivity contribution in [1.29, 1.82) is 0 Å². The summed E-state index contributed by atoms with van der Waals surface area (Å²) in [5.74, 6) is 0. The third-order valence-electron chi connectivity index (χ3n) is 2.02. The molecule has 0 aliphatic heterocycles. The number of halogens is 1. The topological polar surface area (TPSA) is 29.9 Å². The smallest absolute Gasteiger partial charge is 0.0931 e. The quantitative estimate of drug-likeness (QED) is 0.891. The normalized spacial score (nSPS) is 10.8. The van der Waals surface area contributed by atoms with Crippen LogP contribution in [0.3, 0.4) is 0 Å². The van der Waals surface area contributed by atoms with Gasteiger partial charge in [0.2, 0.25) is 0 Å². The maximum absolute atomic E-state index is 5.84. The van der Waals surface area contributed by atoms with Gasteiger partial charge in [0, 0.05) is 36.8 Å². The Morgan fingerprint density at radius 3 is 2.93 bits per heavy atom. The van der Waals surface area contributed by atoms with Gasteiger partial charge in [0.1, 0.15) is 0 Å². The second-order valence-electron chi connectivity index (χ2n) is 3.33. The van der Waals surface area contributed by atoms with E-state index in [9.17, 15) is 0 Å². The van der Waals surface area contributed by atoms with Crippen molar-refractivity contribution < 1.29 is 0 Å². The predicted molar refractivity (Wildman–Crippen MR) is 63.1 cm³/mol. The van der Waals surface area contributed by atoms with Gasteiger partial charge < -0.3 is 5.32 Å². The van der Waals surface area contributed by atoms with Gasteiger partial charge in [0.05, 0.1) is 10.5 Å². The van der Waals surface area contributed by atoms with E-state index in [1.807, 2.05) is 31.6 Å². The maximum Gasteiger partial charge on any atom is 0.0931 e. The van der Waals surface area contributed by atoms with E-state index in [4.69, 9.17) is 11.6 Å². The second kappa shape index (κ2) is 4.79. The molecule has 3 nitrogen and oxygen atoms in total. The predicted octanol–water partition coefficient (Wildman–Crippen LogP) is 2.42. The summed E-state index contributed by atoms with van der Waals surface area (Å²) in [7, 11) is 1.92. The molecule has 0 amide bonds. The SMILES string of the molecule is Cn1cc(CNCc2ccc(Cl)s2)cn1. The highest BCUT2D eigenvalue weighted by molar-refractivity contribution is 7.16. The minimum atomic E-state index is 0.837. The third kappa shape index (κ3) is 3.06. The van der Waals surface area contributed by atoms with E-state index < -0.39 is 0 Å². The molecule has 0 aliphatic carbocycles. The lowest BCUT2D eigenvalue weighted by Crippen LogP contribution is -2.11. The lowest BCUT2D eigenvalue weighted by molar-refractivity contribution is 0.699. The largest absolute Gasteiger partial charge is 0.308 e. The van der Waals surface area contributed by atoms with E-state index in [-0.39, 0.29) is 0 Å². The average Bonchev–Trinajstić information content (AvgIpc) is 2.76. The van der Waals surface area contributed by atoms with Crippen LogP contribution < -0.4 is 5.32 Å². The Morgan fingerprint density at radius 1 is 1.47 bits per heavy atom. The summed E-state index contributed by atoms with van der Waals surface area (Å²) in [4.78, 5) is 1.25. The van der Waals surface area contributed by atoms with Gasteiger partial charge in [-0.3, -0.25) is 4.68 Å². The molecule has 0 saturated carbocycles. The molecule has 0 aromatic carbocycles. The fraction of sp³-hybridized carbons (Fsp3) is 0.300. The van der Waals surface area contributed by atoms with Crippen LogP contribution >= 0.6 is 22.9 Å². The van der Waals surface area contributed by atoms with Crippen molar-refractivity contribution in [2.45, 2.75) is 13.1 Å². The van der Waals surface area contributed by atoms with Crippen LogP contribution in [0.1, 0.15) is 10.4 Å². The minimum absolute atomic E-state index is 0.837. The highest BCUT2D eigenvalue weighted by atomic mass is 35.5. The Morgan fingerprint density at radius 2 is 2.33 bits per heavy atom. The standard InChI is InChI=1S/C10H12ClN3S/c1-14-7-8(5-13-14)4-12-6-9-2-3-10(11)15-9/h2-3,5,7,12H,4,6H2,1H3. The van der Waals surface area contributed by atoms with Gasteiger partial charge in [0.25, 0.3) is 0 Å². The Kier molecular flexibility index (Phi) is 3.41. The summed E-state index contributed by atoms with van der Waals surface area (Å²) in [6.07, 6.45) is 3.88. The first-order chi connectivity index (χ1) is 7.24. The first-order valence-electron chi connectivity index (χ1n) is 4.66. The van der Waals surface area contributed by atoms with Crippen molar-refractivity contribution in [3.05, 3.63) is 39.3 Å². The lowest BCUT2D eigenvalue weighted by atomic mass is 10.3. The molecule has 2 rings (SSSR count). The highest BCUT2D eigenvalue weighted by Gasteiger charge is 1.98. The van der Waals surface area contributed by atoms with Crippen molar-refractivity contribution in [2.75, 3.05) is 0 Å². The highest BCUT2D eigenvalue weighted by Crippen LogP contribution is 2.20. The first kappa shape index (κ1) is 10.7. The van der Waals surface area contributed by atoms with Crippen LogP contribution in [-0.2, 0) is 20.1 Å². The molecule has 1 N–H and O–H groups in total. The van der Waals surface area contributed by atoms with E-state index in [1.165, 1.54) is 10.4 Å². The van der Waals surface area contributed by atoms with Gasteiger partial charge in [-0.1, -0.05) is 11.6 Å². The monoisotopic (exact) mass is 241 g/mol. The number of hydrogen-bond donors (Lipinski definition) is 1. The molecule has 80 valence electrons. The van der Waals surface area contributed by atoms with Crippen molar-refractivity contribution >= 4 is 22.9 Å². The number of aryl methyl sites for hydroxylation is 1. The molecule has 0 aliphatic rings. The Balaban J connectivity index is 1.80. The van der Waals surface area contributed by atoms with E-state index in [1.54, 1.807) is 16.0 Å². The zero-order valence-corrected chi connectivity index (χ0v) is 9.98. The van der Waals surface area contributed by atoms with Crippen molar-refractivity contribution in [3.63, 3.8) is 0 Å². The molecule has 0 spiro atoms. The van der Waals surface area contributed by atoms with Gasteiger partial charge in [-0.05, 0) is 12.1 Å². The van der Waals surface area contributed by atoms with Crippen molar-refractivity contribution in [3.8, 4) is 0 Å². The first-order valence-corrected chi connectivity index (χ1v) is 5.86. The van der Waals surface area contributed by atoms with E-state index in [2.05, 4.69) is 10.4 Å². The maximum atomic E-state index is 5.84. The van der Waals surface area contributed by atoms with Gasteiger partial charge >= 0.3 is 0 Å². The molecule has 2 heterocycles. The summed E-state index contributed by atoms with van der Waals surface area (Å²) in [5.41, 5.74) is 1.19. The number of nitrogens with one attached hydrogen (secondary N) is 1. The third-order valence-corrected chi connectivity index (χ3v) is 3.25. The van der Waals surface area contributed by atoms with Gasteiger partial charge in [-0.25, -0.2) is 0 Å². The van der Waals surface area contributed by atoms with Crippen LogP contribution in [0.5, 0.6) is 0 Å². The molecule has 0 atom stereocenters. The molecule has 0 radical (unpaired) electrons. The van der Waals surface area contributed by atoms with E-state index >= 15 is 0 Å². The number of thiophene rings is 1. The molecule has 2 aromatic heterocycles. The van der Waals surface area contributed by atoms with Crippen LogP contribution in [0.15, 0.2) is 24.5 Å². The zero-order chi connectivity index (χ0) is 10.7. The van der Waals surface area contributed by atoms with E-state index in [0.717, 1.165) is 17.4 Å². The molecule has 0 bridgehead atoms. The van der Waals surface area contributed by atoms with Crippen molar-refractivity contribution in [1.82, 2.24) is 15.1 Å². The molecule has 0 fully saturated rings. The Hall–Kier alpha value is -0.840. The van der Waals surface area contributed by atoms with Gasteiger partial charge in [-0.15, -0.1) is 11.3 Å². The average molecular weight is 242 g/mol. The minimum Gasteiger partial charge on any atom is -0.308 e. The molecule has 0 unspecified atom stereocenters. The summed E-state index contributed by atoms with van der Waals surface area (Å²) < 4.78 is 2.65. The number of aromatic nitrogens is 2. The fourth-order valence-corrected chi connectivity index (χ4v) is 2.40. The van der Waals surface area contributed by atoms with Crippen LogP contribution in [0, 0.1) is 0 Å². The second-order valence-corrected chi connectivity index (χ2v) is 5.13. The summed E-state index contributed by atoms with van der Waals surface area (Å²) in [6, 6.07) is 3.97. The summed E-state index contributed by atoms with van der Waals surface area (Å²) >= 11 is 7.45. The van der Waals surface area contributed by atoms with Crippen molar-refractivity contribution in [2.24, 2.45) is 7.05 Å². The molecule has 5 heteroatoms.